The fraction of sp³-hybridized carbons (Fsp3) is 0.500. The van der Waals surface area contributed by atoms with Crippen molar-refractivity contribution >= 4 is 29.1 Å². The van der Waals surface area contributed by atoms with Gasteiger partial charge in [0.05, 0.1) is 18.3 Å². The van der Waals surface area contributed by atoms with Crippen LogP contribution in [0.15, 0.2) is 36.7 Å². The van der Waals surface area contributed by atoms with Crippen LogP contribution in [0.25, 0.3) is 0 Å². The van der Waals surface area contributed by atoms with E-state index in [0.29, 0.717) is 18.9 Å². The van der Waals surface area contributed by atoms with Gasteiger partial charge in [-0.05, 0) is 42.4 Å². The van der Waals surface area contributed by atoms with Gasteiger partial charge in [0.25, 0.3) is 0 Å². The highest BCUT2D eigenvalue weighted by molar-refractivity contribution is 5.89. The van der Waals surface area contributed by atoms with Crippen molar-refractivity contribution in [3.63, 3.8) is 0 Å². The molecule has 170 valence electrons. The Bertz CT molecular complexity index is 921. The third-order valence-electron chi connectivity index (χ3n) is 6.49. The number of carbonyl (C=O) groups is 2. The molecule has 2 amide bonds. The first kappa shape index (κ1) is 22.0. The molecule has 2 fully saturated rings. The van der Waals surface area contributed by atoms with Crippen molar-refractivity contribution < 1.29 is 9.59 Å². The van der Waals surface area contributed by atoms with E-state index in [1.807, 2.05) is 30.5 Å². The number of hydrogen-bond donors (Lipinski definition) is 3. The van der Waals surface area contributed by atoms with Gasteiger partial charge >= 0.3 is 0 Å². The Morgan fingerprint density at radius 3 is 2.50 bits per heavy atom. The summed E-state index contributed by atoms with van der Waals surface area (Å²) in [5.74, 6) is 2.76. The number of nitrogens with zero attached hydrogens (tertiary/aromatic N) is 3. The lowest BCUT2D eigenvalue weighted by molar-refractivity contribution is -0.126. The molecule has 2 aromatic rings. The number of rotatable bonds is 7. The van der Waals surface area contributed by atoms with Gasteiger partial charge in [-0.2, -0.15) is 0 Å². The Morgan fingerprint density at radius 2 is 1.91 bits per heavy atom. The molecule has 0 radical (unpaired) electrons. The number of piperidine rings is 1. The van der Waals surface area contributed by atoms with Gasteiger partial charge in [-0.3, -0.25) is 9.59 Å². The van der Waals surface area contributed by atoms with Gasteiger partial charge in [-0.25, -0.2) is 9.97 Å². The van der Waals surface area contributed by atoms with Crippen LogP contribution in [0.3, 0.4) is 0 Å². The molecule has 1 aromatic carbocycles. The van der Waals surface area contributed by atoms with Gasteiger partial charge in [-0.1, -0.05) is 26.0 Å². The molecule has 2 saturated heterocycles. The minimum absolute atomic E-state index is 0.0626. The lowest BCUT2D eigenvalue weighted by atomic mass is 9.87. The van der Waals surface area contributed by atoms with E-state index in [1.165, 1.54) is 12.8 Å². The monoisotopic (exact) mass is 436 g/mol. The van der Waals surface area contributed by atoms with Crippen molar-refractivity contribution in [1.82, 2.24) is 20.6 Å². The number of carbonyl (C=O) groups excluding carboxylic acids is 2. The second-order valence-electron chi connectivity index (χ2n) is 9.07. The average molecular weight is 437 g/mol. The molecule has 8 heteroatoms. The first-order valence-corrected chi connectivity index (χ1v) is 11.5. The third kappa shape index (κ3) is 5.55. The fourth-order valence-corrected chi connectivity index (χ4v) is 4.32. The maximum atomic E-state index is 12.1. The molecule has 4 rings (SSSR count). The highest BCUT2D eigenvalue weighted by Crippen LogP contribution is 2.27. The summed E-state index contributed by atoms with van der Waals surface area (Å²) in [4.78, 5) is 34.8. The standard InChI is InChI=1S/C24H32N6O2/c1-16(2)18-7-9-30(10-8-18)22-15-25-21(14-26-22)29-20-5-3-17(4-6-20)12-28-24(32)19-11-23(31)27-13-19/h3-6,14-16,18-19H,7-13H2,1-2H3,(H,25,29)(H,27,31)(H,28,32). The minimum atomic E-state index is -0.272. The van der Waals surface area contributed by atoms with Crippen molar-refractivity contribution in [2.45, 2.75) is 39.7 Å². The lowest BCUT2D eigenvalue weighted by Gasteiger charge is -2.34. The van der Waals surface area contributed by atoms with Crippen molar-refractivity contribution in [2.24, 2.45) is 17.8 Å². The Morgan fingerprint density at radius 1 is 1.16 bits per heavy atom. The Balaban J connectivity index is 1.25. The lowest BCUT2D eigenvalue weighted by Crippen LogP contribution is -2.35. The SMILES string of the molecule is CC(C)C1CCN(c2cnc(Nc3ccc(CNC(=O)C4CNC(=O)C4)cc3)cn2)CC1. The second kappa shape index (κ2) is 9.97. The topological polar surface area (TPSA) is 99.3 Å². The highest BCUT2D eigenvalue weighted by Gasteiger charge is 2.27. The van der Waals surface area contributed by atoms with Crippen LogP contribution in [0.1, 0.15) is 38.7 Å². The van der Waals surface area contributed by atoms with E-state index in [9.17, 15) is 9.59 Å². The minimum Gasteiger partial charge on any atom is -0.355 e. The highest BCUT2D eigenvalue weighted by atomic mass is 16.2. The van der Waals surface area contributed by atoms with Gasteiger partial charge < -0.3 is 20.9 Å². The van der Waals surface area contributed by atoms with Crippen LogP contribution < -0.4 is 20.9 Å². The first-order valence-electron chi connectivity index (χ1n) is 11.5. The van der Waals surface area contributed by atoms with E-state index in [4.69, 9.17) is 0 Å². The van der Waals surface area contributed by atoms with E-state index < -0.39 is 0 Å². The normalized spacial score (nSPS) is 19.2. The molecular weight excluding hydrogens is 404 g/mol. The van der Waals surface area contributed by atoms with Gasteiger partial charge in [0.15, 0.2) is 0 Å². The summed E-state index contributed by atoms with van der Waals surface area (Å²) in [6, 6.07) is 7.82. The predicted molar refractivity (Wildman–Crippen MR) is 124 cm³/mol. The molecular formula is C24H32N6O2. The summed E-state index contributed by atoms with van der Waals surface area (Å²) in [5, 5.41) is 8.86. The zero-order chi connectivity index (χ0) is 22.5. The van der Waals surface area contributed by atoms with Crippen molar-refractivity contribution in [1.29, 1.82) is 0 Å². The Kier molecular flexibility index (Phi) is 6.87. The van der Waals surface area contributed by atoms with Crippen LogP contribution in [0, 0.1) is 17.8 Å². The van der Waals surface area contributed by atoms with Crippen LogP contribution in [0.2, 0.25) is 0 Å². The maximum absolute atomic E-state index is 12.1. The molecule has 2 aliphatic rings. The molecule has 1 atom stereocenters. The molecule has 1 unspecified atom stereocenters. The van der Waals surface area contributed by atoms with Crippen LogP contribution in [0.5, 0.6) is 0 Å². The van der Waals surface area contributed by atoms with Crippen molar-refractivity contribution in [3.8, 4) is 0 Å². The number of anilines is 3. The van der Waals surface area contributed by atoms with Gasteiger partial charge in [-0.15, -0.1) is 0 Å². The zero-order valence-corrected chi connectivity index (χ0v) is 18.8. The largest absolute Gasteiger partial charge is 0.355 e. The second-order valence-corrected chi connectivity index (χ2v) is 9.07. The summed E-state index contributed by atoms with van der Waals surface area (Å²) >= 11 is 0. The Labute approximate surface area is 189 Å². The molecule has 0 spiro atoms. The summed E-state index contributed by atoms with van der Waals surface area (Å²) in [5.41, 5.74) is 1.90. The molecule has 2 aliphatic heterocycles. The number of amides is 2. The molecule has 1 aromatic heterocycles. The molecule has 0 saturated carbocycles. The maximum Gasteiger partial charge on any atom is 0.225 e. The smallest absolute Gasteiger partial charge is 0.225 e. The third-order valence-corrected chi connectivity index (χ3v) is 6.49. The number of aromatic nitrogens is 2. The van der Waals surface area contributed by atoms with E-state index in [2.05, 4.69) is 44.7 Å². The number of benzene rings is 1. The van der Waals surface area contributed by atoms with Gasteiger partial charge in [0.1, 0.15) is 11.6 Å². The molecule has 3 N–H and O–H groups in total. The molecule has 8 nitrogen and oxygen atoms in total. The summed E-state index contributed by atoms with van der Waals surface area (Å²) in [6.07, 6.45) is 6.30. The van der Waals surface area contributed by atoms with Gasteiger partial charge in [0, 0.05) is 38.3 Å². The molecule has 32 heavy (non-hydrogen) atoms. The number of nitrogens with one attached hydrogen (secondary N) is 3. The van der Waals surface area contributed by atoms with E-state index in [-0.39, 0.29) is 24.2 Å². The van der Waals surface area contributed by atoms with E-state index in [1.54, 1.807) is 6.20 Å². The van der Waals surface area contributed by atoms with Gasteiger partial charge in [0.2, 0.25) is 11.8 Å². The van der Waals surface area contributed by atoms with Crippen molar-refractivity contribution in [3.05, 3.63) is 42.2 Å². The predicted octanol–water partition coefficient (Wildman–Crippen LogP) is 2.84. The zero-order valence-electron chi connectivity index (χ0n) is 18.8. The molecule has 3 heterocycles. The van der Waals surface area contributed by atoms with Crippen LogP contribution >= 0.6 is 0 Å². The summed E-state index contributed by atoms with van der Waals surface area (Å²) < 4.78 is 0. The van der Waals surface area contributed by atoms with Crippen molar-refractivity contribution in [2.75, 3.05) is 29.9 Å². The Hall–Kier alpha value is -3.16. The van der Waals surface area contributed by atoms with E-state index >= 15 is 0 Å². The summed E-state index contributed by atoms with van der Waals surface area (Å²) in [7, 11) is 0. The van der Waals surface area contributed by atoms with Crippen LogP contribution in [-0.2, 0) is 16.1 Å². The van der Waals surface area contributed by atoms with E-state index in [0.717, 1.165) is 42.0 Å². The molecule has 0 bridgehead atoms. The number of hydrogen-bond acceptors (Lipinski definition) is 6. The van der Waals surface area contributed by atoms with Crippen LogP contribution in [0.4, 0.5) is 17.3 Å². The fourth-order valence-electron chi connectivity index (χ4n) is 4.32. The van der Waals surface area contributed by atoms with Crippen LogP contribution in [-0.4, -0.2) is 41.4 Å². The summed E-state index contributed by atoms with van der Waals surface area (Å²) in [6.45, 7) is 7.54. The first-order chi connectivity index (χ1) is 15.5. The quantitative estimate of drug-likeness (QED) is 0.617. The molecule has 0 aliphatic carbocycles. The average Bonchev–Trinajstić information content (AvgIpc) is 3.25.